The molecule has 5 N–H and O–H groups in total. The van der Waals surface area contributed by atoms with Crippen LogP contribution in [0, 0.1) is 0 Å². The molecule has 0 aliphatic rings. The zero-order valence-corrected chi connectivity index (χ0v) is 7.66. The summed E-state index contributed by atoms with van der Waals surface area (Å²) in [6, 6.07) is 5.73. The number of hydrogen-bond donors (Lipinski definition) is 3. The van der Waals surface area contributed by atoms with Crippen LogP contribution in [0.15, 0.2) is 29.2 Å². The molecule has 0 amide bonds. The minimum Gasteiger partial charge on any atom is -0.392 e. The Bertz CT molecular complexity index is 374. The molecule has 0 radical (unpaired) electrons. The molecule has 0 saturated carbocycles. The molecule has 0 aliphatic carbocycles. The Morgan fingerprint density at radius 3 is 2.15 bits per heavy atom. The normalized spacial score (nSPS) is 10.6. The summed E-state index contributed by atoms with van der Waals surface area (Å²) in [6.45, 7) is -0.407. The van der Waals surface area contributed by atoms with Crippen LogP contribution in [0.3, 0.4) is 0 Å². The van der Waals surface area contributed by atoms with Gasteiger partial charge >= 0.3 is 0 Å². The number of rotatable bonds is 2. The quantitative estimate of drug-likeness (QED) is 0.612. The van der Waals surface area contributed by atoms with Crippen LogP contribution in [0.5, 0.6) is 0 Å². The minimum atomic E-state index is -4.21. The van der Waals surface area contributed by atoms with Gasteiger partial charge in [-0.05, 0) is 11.6 Å². The Labute approximate surface area is 76.4 Å². The van der Waals surface area contributed by atoms with E-state index in [4.69, 9.17) is 9.66 Å². The number of hydrogen-bond acceptors (Lipinski definition) is 4. The van der Waals surface area contributed by atoms with E-state index in [-0.39, 0.29) is 16.6 Å². The Hall–Kier alpha value is -0.950. The lowest BCUT2D eigenvalue weighted by atomic mass is 10.2. The van der Waals surface area contributed by atoms with E-state index >= 15 is 0 Å². The first-order valence-corrected chi connectivity index (χ1v) is 4.66. The van der Waals surface area contributed by atoms with E-state index < -0.39 is 16.7 Å². The van der Waals surface area contributed by atoms with E-state index in [9.17, 15) is 8.42 Å². The maximum atomic E-state index is 10.7. The Morgan fingerprint density at radius 2 is 1.77 bits per heavy atom. The molecule has 1 rings (SSSR count). The van der Waals surface area contributed by atoms with Gasteiger partial charge in [0.15, 0.2) is 0 Å². The monoisotopic (exact) mass is 205 g/mol. The van der Waals surface area contributed by atoms with Crippen molar-refractivity contribution in [1.29, 1.82) is 0 Å². The third-order valence-electron chi connectivity index (χ3n) is 1.42. The van der Waals surface area contributed by atoms with Crippen LogP contribution in [-0.2, 0) is 16.7 Å². The lowest BCUT2D eigenvalue weighted by Gasteiger charge is -2.01. The van der Waals surface area contributed by atoms with Crippen molar-refractivity contribution in [3.63, 3.8) is 0 Å². The van der Waals surface area contributed by atoms with E-state index in [1.54, 1.807) is 6.07 Å². The van der Waals surface area contributed by atoms with Crippen molar-refractivity contribution in [3.8, 4) is 0 Å². The second-order valence-corrected chi connectivity index (χ2v) is 3.63. The van der Waals surface area contributed by atoms with Crippen molar-refractivity contribution in [1.82, 2.24) is 6.15 Å². The average Bonchev–Trinajstić information content (AvgIpc) is 2.03. The molecule has 0 unspecified atom stereocenters. The van der Waals surface area contributed by atoms with Gasteiger partial charge in [-0.3, -0.25) is 4.55 Å². The molecule has 74 valence electrons. The van der Waals surface area contributed by atoms with Crippen LogP contribution in [0.1, 0.15) is 5.56 Å². The summed E-state index contributed by atoms with van der Waals surface area (Å²) in [4.78, 5) is -0.243. The summed E-state index contributed by atoms with van der Waals surface area (Å²) in [5.41, 5.74) is 0.194. The molecule has 0 aromatic heterocycles. The zero-order valence-electron chi connectivity index (χ0n) is 6.84. The maximum Gasteiger partial charge on any atom is 0.294 e. The summed E-state index contributed by atoms with van der Waals surface area (Å²) < 4.78 is 30.0. The summed E-state index contributed by atoms with van der Waals surface area (Å²) in [6.07, 6.45) is 0. The Kier molecular flexibility index (Phi) is 4.02. The molecule has 0 aliphatic heterocycles. The van der Waals surface area contributed by atoms with Crippen molar-refractivity contribution >= 4 is 10.1 Å². The highest BCUT2D eigenvalue weighted by Gasteiger charge is 2.12. The molecule has 1 aromatic rings. The molecular weight excluding hydrogens is 194 g/mol. The summed E-state index contributed by atoms with van der Waals surface area (Å²) in [5.74, 6) is 0. The van der Waals surface area contributed by atoms with Gasteiger partial charge in [0, 0.05) is 0 Å². The van der Waals surface area contributed by atoms with E-state index in [0.29, 0.717) is 0 Å². The molecule has 13 heavy (non-hydrogen) atoms. The molecule has 6 heteroatoms. The van der Waals surface area contributed by atoms with E-state index in [2.05, 4.69) is 0 Å². The van der Waals surface area contributed by atoms with Crippen LogP contribution in [-0.4, -0.2) is 18.1 Å². The van der Waals surface area contributed by atoms with Crippen molar-refractivity contribution in [2.45, 2.75) is 11.5 Å². The molecule has 5 nitrogen and oxygen atoms in total. The van der Waals surface area contributed by atoms with Crippen molar-refractivity contribution < 1.29 is 18.1 Å². The summed E-state index contributed by atoms with van der Waals surface area (Å²) in [7, 11) is -4.21. The van der Waals surface area contributed by atoms with Gasteiger partial charge in [0.25, 0.3) is 10.1 Å². The van der Waals surface area contributed by atoms with E-state index in [1.807, 2.05) is 0 Å². The molecule has 0 saturated heterocycles. The van der Waals surface area contributed by atoms with Gasteiger partial charge < -0.3 is 11.3 Å². The molecule has 1 aromatic carbocycles. The zero-order chi connectivity index (χ0) is 9.19. The van der Waals surface area contributed by atoms with Crippen molar-refractivity contribution in [3.05, 3.63) is 29.8 Å². The standard InChI is InChI=1S/C7H8O4S.H3N/c8-5-6-3-1-2-4-7(6)12(9,10)11;/h1-4,8H,5H2,(H,9,10,11);1H3. The van der Waals surface area contributed by atoms with Crippen molar-refractivity contribution in [2.24, 2.45) is 0 Å². The number of aliphatic hydroxyl groups excluding tert-OH is 1. The smallest absolute Gasteiger partial charge is 0.294 e. The molecular formula is C7H11NO4S. The highest BCUT2D eigenvalue weighted by molar-refractivity contribution is 7.85. The first-order chi connectivity index (χ1) is 5.55. The van der Waals surface area contributed by atoms with Gasteiger partial charge in [-0.1, -0.05) is 18.2 Å². The molecule has 0 spiro atoms. The second kappa shape index (κ2) is 4.33. The Morgan fingerprint density at radius 1 is 1.23 bits per heavy atom. The van der Waals surface area contributed by atoms with Gasteiger partial charge in [-0.25, -0.2) is 0 Å². The van der Waals surface area contributed by atoms with Crippen LogP contribution < -0.4 is 6.15 Å². The van der Waals surface area contributed by atoms with Gasteiger partial charge in [0.1, 0.15) is 0 Å². The predicted octanol–water partition coefficient (Wildman–Crippen LogP) is 0.588. The van der Waals surface area contributed by atoms with Crippen LogP contribution in [0.25, 0.3) is 0 Å². The lowest BCUT2D eigenvalue weighted by molar-refractivity contribution is 0.278. The summed E-state index contributed by atoms with van der Waals surface area (Å²) >= 11 is 0. The highest BCUT2D eigenvalue weighted by atomic mass is 32.2. The summed E-state index contributed by atoms with van der Waals surface area (Å²) in [5, 5.41) is 8.71. The third-order valence-corrected chi connectivity index (χ3v) is 2.37. The largest absolute Gasteiger partial charge is 0.392 e. The first-order valence-electron chi connectivity index (χ1n) is 3.22. The van der Waals surface area contributed by atoms with Gasteiger partial charge in [-0.15, -0.1) is 0 Å². The molecule has 0 fully saturated rings. The minimum absolute atomic E-state index is 0. The van der Waals surface area contributed by atoms with Gasteiger partial charge in [-0.2, -0.15) is 8.42 Å². The topological polar surface area (TPSA) is 110 Å². The molecule has 0 bridgehead atoms. The van der Waals surface area contributed by atoms with Crippen LogP contribution in [0.2, 0.25) is 0 Å². The number of aliphatic hydroxyl groups is 1. The molecule has 0 atom stereocenters. The van der Waals surface area contributed by atoms with Crippen molar-refractivity contribution in [2.75, 3.05) is 0 Å². The Balaban J connectivity index is 0.00000144. The third kappa shape index (κ3) is 2.78. The molecule has 0 heterocycles. The van der Waals surface area contributed by atoms with Gasteiger partial charge in [0.2, 0.25) is 0 Å². The lowest BCUT2D eigenvalue weighted by Crippen LogP contribution is -2.02. The predicted molar refractivity (Wildman–Crippen MR) is 47.2 cm³/mol. The fourth-order valence-corrected chi connectivity index (χ4v) is 1.60. The maximum absolute atomic E-state index is 10.7. The van der Waals surface area contributed by atoms with Gasteiger partial charge in [0.05, 0.1) is 11.5 Å². The van der Waals surface area contributed by atoms with Crippen LogP contribution in [0.4, 0.5) is 0 Å². The SMILES string of the molecule is N.O=S(=O)(O)c1ccccc1CO. The fourth-order valence-electron chi connectivity index (χ4n) is 0.886. The van der Waals surface area contributed by atoms with E-state index in [0.717, 1.165) is 0 Å². The van der Waals surface area contributed by atoms with E-state index in [1.165, 1.54) is 18.2 Å². The van der Waals surface area contributed by atoms with Crippen LogP contribution >= 0.6 is 0 Å². The average molecular weight is 205 g/mol. The fraction of sp³-hybridized carbons (Fsp3) is 0.143. The first kappa shape index (κ1) is 12.0. The number of benzene rings is 1. The highest BCUT2D eigenvalue weighted by Crippen LogP contribution is 2.14. The second-order valence-electron chi connectivity index (χ2n) is 2.24.